The van der Waals surface area contributed by atoms with E-state index in [0.29, 0.717) is 0 Å². The Balaban J connectivity index is 2.51. The van der Waals surface area contributed by atoms with Gasteiger partial charge in [0.05, 0.1) is 0 Å². The molecular formula is C11H14N2O4. The summed E-state index contributed by atoms with van der Waals surface area (Å²) >= 11 is 0. The summed E-state index contributed by atoms with van der Waals surface area (Å²) < 4.78 is 0. The average Bonchev–Trinajstić information content (AvgIpc) is 2.25. The minimum atomic E-state index is -0.910. The van der Waals surface area contributed by atoms with E-state index in [1.165, 1.54) is 18.3 Å². The van der Waals surface area contributed by atoms with Crippen molar-refractivity contribution in [3.8, 4) is 5.75 Å². The van der Waals surface area contributed by atoms with Crippen molar-refractivity contribution in [3.05, 3.63) is 24.0 Å². The second kappa shape index (κ2) is 5.83. The van der Waals surface area contributed by atoms with Crippen LogP contribution in [0.2, 0.25) is 0 Å². The van der Waals surface area contributed by atoms with Crippen LogP contribution in [0.1, 0.15) is 23.8 Å². The van der Waals surface area contributed by atoms with Gasteiger partial charge in [0.1, 0.15) is 5.75 Å². The number of pyridine rings is 1. The zero-order chi connectivity index (χ0) is 12.8. The fraction of sp³-hybridized carbons (Fsp3) is 0.364. The van der Waals surface area contributed by atoms with Gasteiger partial charge in [0.2, 0.25) is 0 Å². The van der Waals surface area contributed by atoms with Crippen molar-refractivity contribution < 1.29 is 19.8 Å². The molecule has 92 valence electrons. The molecule has 1 heterocycles. The van der Waals surface area contributed by atoms with Gasteiger partial charge in [-0.3, -0.25) is 9.59 Å². The number of hydrogen-bond donors (Lipinski definition) is 3. The summed E-state index contributed by atoms with van der Waals surface area (Å²) in [7, 11) is 0. The first kappa shape index (κ1) is 13.0. The van der Waals surface area contributed by atoms with Gasteiger partial charge in [-0.05, 0) is 18.1 Å². The van der Waals surface area contributed by atoms with E-state index in [-0.39, 0.29) is 30.3 Å². The number of amides is 1. The largest absolute Gasteiger partial charge is 0.505 e. The molecule has 0 bridgehead atoms. The Bertz CT molecular complexity index is 420. The van der Waals surface area contributed by atoms with Crippen molar-refractivity contribution >= 4 is 11.9 Å². The van der Waals surface area contributed by atoms with Crippen molar-refractivity contribution in [3.63, 3.8) is 0 Å². The first-order valence-corrected chi connectivity index (χ1v) is 5.14. The molecule has 0 aliphatic rings. The quantitative estimate of drug-likeness (QED) is 0.698. The Morgan fingerprint density at radius 2 is 2.24 bits per heavy atom. The van der Waals surface area contributed by atoms with Gasteiger partial charge in [-0.25, -0.2) is 4.98 Å². The number of carboxylic acid groups (broad SMARTS) is 1. The molecular weight excluding hydrogens is 224 g/mol. The van der Waals surface area contributed by atoms with Crippen LogP contribution in [-0.2, 0) is 4.79 Å². The van der Waals surface area contributed by atoms with Crippen molar-refractivity contribution in [1.82, 2.24) is 10.3 Å². The van der Waals surface area contributed by atoms with Crippen molar-refractivity contribution in [2.24, 2.45) is 5.92 Å². The molecule has 1 aromatic heterocycles. The number of carbonyl (C=O) groups is 2. The highest BCUT2D eigenvalue weighted by molar-refractivity contribution is 5.94. The number of hydrogen-bond acceptors (Lipinski definition) is 4. The smallest absolute Gasteiger partial charge is 0.303 e. The number of aromatic hydroxyl groups is 1. The van der Waals surface area contributed by atoms with E-state index in [0.717, 1.165) is 0 Å². The number of rotatable bonds is 5. The standard InChI is InChI=1S/C11H14N2O4/c1-7(5-9(15)16)6-13-11(17)10-8(14)3-2-4-12-10/h2-4,7,14H,5-6H2,1H3,(H,13,17)(H,15,16). The lowest BCUT2D eigenvalue weighted by Crippen LogP contribution is -2.29. The average molecular weight is 238 g/mol. The maximum atomic E-state index is 11.6. The molecule has 1 atom stereocenters. The Labute approximate surface area is 98.3 Å². The van der Waals surface area contributed by atoms with Gasteiger partial charge in [0.15, 0.2) is 5.69 Å². The fourth-order valence-corrected chi connectivity index (χ4v) is 1.29. The lowest BCUT2D eigenvalue weighted by atomic mass is 10.1. The Hall–Kier alpha value is -2.11. The van der Waals surface area contributed by atoms with Crippen LogP contribution in [0.15, 0.2) is 18.3 Å². The van der Waals surface area contributed by atoms with Gasteiger partial charge in [0.25, 0.3) is 5.91 Å². The molecule has 1 rings (SSSR count). The molecule has 0 aliphatic carbocycles. The molecule has 0 aliphatic heterocycles. The predicted octanol–water partition coefficient (Wildman–Crippen LogP) is 0.628. The van der Waals surface area contributed by atoms with Gasteiger partial charge >= 0.3 is 5.97 Å². The van der Waals surface area contributed by atoms with E-state index < -0.39 is 11.9 Å². The summed E-state index contributed by atoms with van der Waals surface area (Å²) in [4.78, 5) is 25.7. The molecule has 0 fully saturated rings. The second-order valence-corrected chi connectivity index (χ2v) is 3.78. The topological polar surface area (TPSA) is 99.5 Å². The second-order valence-electron chi connectivity index (χ2n) is 3.78. The molecule has 0 radical (unpaired) electrons. The molecule has 1 aromatic rings. The summed E-state index contributed by atoms with van der Waals surface area (Å²) in [5.74, 6) is -1.80. The van der Waals surface area contributed by atoms with Gasteiger partial charge in [-0.15, -0.1) is 0 Å². The highest BCUT2D eigenvalue weighted by Crippen LogP contribution is 2.12. The zero-order valence-electron chi connectivity index (χ0n) is 9.38. The zero-order valence-corrected chi connectivity index (χ0v) is 9.38. The van der Waals surface area contributed by atoms with Crippen LogP contribution in [0.5, 0.6) is 5.75 Å². The van der Waals surface area contributed by atoms with E-state index in [4.69, 9.17) is 5.11 Å². The molecule has 17 heavy (non-hydrogen) atoms. The molecule has 0 saturated carbocycles. The van der Waals surface area contributed by atoms with Crippen LogP contribution in [0.4, 0.5) is 0 Å². The molecule has 1 amide bonds. The van der Waals surface area contributed by atoms with Crippen LogP contribution >= 0.6 is 0 Å². The number of aromatic nitrogens is 1. The normalized spacial score (nSPS) is 11.8. The third-order valence-electron chi connectivity index (χ3n) is 2.14. The molecule has 3 N–H and O–H groups in total. The molecule has 0 spiro atoms. The number of aliphatic carboxylic acids is 1. The highest BCUT2D eigenvalue weighted by atomic mass is 16.4. The molecule has 6 heteroatoms. The highest BCUT2D eigenvalue weighted by Gasteiger charge is 2.14. The summed E-state index contributed by atoms with van der Waals surface area (Å²) in [6, 6.07) is 2.88. The fourth-order valence-electron chi connectivity index (χ4n) is 1.29. The van der Waals surface area contributed by atoms with Crippen LogP contribution in [0, 0.1) is 5.92 Å². The monoisotopic (exact) mass is 238 g/mol. The van der Waals surface area contributed by atoms with Gasteiger partial charge < -0.3 is 15.5 Å². The van der Waals surface area contributed by atoms with Gasteiger partial charge in [-0.1, -0.05) is 6.92 Å². The van der Waals surface area contributed by atoms with Crippen molar-refractivity contribution in [2.45, 2.75) is 13.3 Å². The summed E-state index contributed by atoms with van der Waals surface area (Å²) in [5.41, 5.74) is -0.0602. The number of nitrogens with one attached hydrogen (secondary N) is 1. The van der Waals surface area contributed by atoms with E-state index in [1.807, 2.05) is 0 Å². The van der Waals surface area contributed by atoms with Gasteiger partial charge in [0, 0.05) is 19.2 Å². The van der Waals surface area contributed by atoms with E-state index >= 15 is 0 Å². The summed E-state index contributed by atoms with van der Waals surface area (Å²) in [5, 5.41) is 20.4. The van der Waals surface area contributed by atoms with Crippen molar-refractivity contribution in [1.29, 1.82) is 0 Å². The Morgan fingerprint density at radius 3 is 2.82 bits per heavy atom. The Morgan fingerprint density at radius 1 is 1.53 bits per heavy atom. The van der Waals surface area contributed by atoms with Crippen LogP contribution in [0.3, 0.4) is 0 Å². The Kier molecular flexibility index (Phi) is 4.45. The first-order valence-electron chi connectivity index (χ1n) is 5.14. The number of nitrogens with zero attached hydrogens (tertiary/aromatic N) is 1. The molecule has 0 saturated heterocycles. The maximum absolute atomic E-state index is 11.6. The number of carboxylic acids is 1. The molecule has 1 unspecified atom stereocenters. The summed E-state index contributed by atoms with van der Waals surface area (Å²) in [6.45, 7) is 1.94. The maximum Gasteiger partial charge on any atom is 0.303 e. The van der Waals surface area contributed by atoms with Crippen molar-refractivity contribution in [2.75, 3.05) is 6.54 Å². The van der Waals surface area contributed by atoms with Crippen LogP contribution in [0.25, 0.3) is 0 Å². The number of carbonyl (C=O) groups excluding carboxylic acids is 1. The van der Waals surface area contributed by atoms with Gasteiger partial charge in [-0.2, -0.15) is 0 Å². The first-order chi connectivity index (χ1) is 8.00. The lowest BCUT2D eigenvalue weighted by Gasteiger charge is -2.10. The molecule has 0 aromatic carbocycles. The SMILES string of the molecule is CC(CNC(=O)c1ncccc1O)CC(=O)O. The minimum Gasteiger partial charge on any atom is -0.505 e. The summed E-state index contributed by atoms with van der Waals surface area (Å²) in [6.07, 6.45) is 1.38. The van der Waals surface area contributed by atoms with Crippen LogP contribution < -0.4 is 5.32 Å². The lowest BCUT2D eigenvalue weighted by molar-refractivity contribution is -0.137. The van der Waals surface area contributed by atoms with E-state index in [1.54, 1.807) is 6.92 Å². The minimum absolute atomic E-state index is 0.0194. The predicted molar refractivity (Wildman–Crippen MR) is 59.7 cm³/mol. The van der Waals surface area contributed by atoms with E-state index in [9.17, 15) is 14.7 Å². The third-order valence-corrected chi connectivity index (χ3v) is 2.14. The van der Waals surface area contributed by atoms with Crippen LogP contribution in [-0.4, -0.2) is 33.6 Å². The molecule has 6 nitrogen and oxygen atoms in total. The van der Waals surface area contributed by atoms with E-state index in [2.05, 4.69) is 10.3 Å². The third kappa shape index (κ3) is 4.10.